The van der Waals surface area contributed by atoms with Crippen molar-refractivity contribution in [1.29, 1.82) is 0 Å². The predicted octanol–water partition coefficient (Wildman–Crippen LogP) is 10.2. The zero-order chi connectivity index (χ0) is 37.3. The van der Waals surface area contributed by atoms with Crippen molar-refractivity contribution in [3.05, 3.63) is 132 Å². The van der Waals surface area contributed by atoms with Crippen LogP contribution in [0, 0.1) is 0 Å². The first-order valence-electron chi connectivity index (χ1n) is 17.0. The SMILES string of the molecule is C[C@@H](OP(=O)(OCc1ccccc1)OCc1ccccc1)[C@H](NC(=O)OC(C)(C)c1ccc(-c2ccccc2)cc1)C(=O)O[Si](C)(C)C(C)(C)C. The van der Waals surface area contributed by atoms with Gasteiger partial charge in [-0.15, -0.1) is 0 Å². The number of carbonyl (C=O) groups excluding carboxylic acids is 2. The number of benzene rings is 4. The van der Waals surface area contributed by atoms with E-state index in [1.165, 1.54) is 6.92 Å². The average molecular weight is 732 g/mol. The molecule has 0 fully saturated rings. The van der Waals surface area contributed by atoms with Gasteiger partial charge in [-0.3, -0.25) is 18.4 Å². The molecular formula is C40H50NO8PSi. The molecule has 0 aromatic heterocycles. The third kappa shape index (κ3) is 11.5. The van der Waals surface area contributed by atoms with Gasteiger partial charge in [-0.1, -0.05) is 136 Å². The molecule has 2 atom stereocenters. The van der Waals surface area contributed by atoms with Crippen molar-refractivity contribution >= 4 is 28.2 Å². The lowest BCUT2D eigenvalue weighted by atomic mass is 9.95. The Kier molecular flexibility index (Phi) is 13.2. The third-order valence-electron chi connectivity index (χ3n) is 8.95. The highest BCUT2D eigenvalue weighted by Gasteiger charge is 2.45. The molecule has 0 unspecified atom stereocenters. The summed E-state index contributed by atoms with van der Waals surface area (Å²) in [5.41, 5.74) is 3.24. The van der Waals surface area contributed by atoms with Crippen LogP contribution in [0.5, 0.6) is 0 Å². The van der Waals surface area contributed by atoms with Crippen molar-refractivity contribution in [3.63, 3.8) is 0 Å². The van der Waals surface area contributed by atoms with Gasteiger partial charge in [0.15, 0.2) is 6.04 Å². The van der Waals surface area contributed by atoms with Crippen LogP contribution in [-0.2, 0) is 50.9 Å². The molecule has 1 N–H and O–H groups in total. The molecule has 4 aromatic rings. The summed E-state index contributed by atoms with van der Waals surface area (Å²) in [6, 6.07) is 34.6. The number of hydrogen-bond acceptors (Lipinski definition) is 8. The Balaban J connectivity index is 1.56. The quantitative estimate of drug-likeness (QED) is 0.0951. The molecule has 1 amide bonds. The first-order valence-corrected chi connectivity index (χ1v) is 21.4. The summed E-state index contributed by atoms with van der Waals surface area (Å²) in [5, 5.41) is 2.33. The summed E-state index contributed by atoms with van der Waals surface area (Å²) in [6.07, 6.45) is -2.11. The van der Waals surface area contributed by atoms with Gasteiger partial charge in [-0.05, 0) is 66.7 Å². The number of amides is 1. The van der Waals surface area contributed by atoms with Crippen molar-refractivity contribution in [3.8, 4) is 11.1 Å². The lowest BCUT2D eigenvalue weighted by Crippen LogP contribution is -2.54. The standard InChI is InChI=1S/C40H50NO8PSi/c1-30(48-50(44,45-28-31-18-12-9-13-19-31)46-29-32-20-14-10-15-21-32)36(37(42)49-51(7,8)39(2,3)4)41-38(43)47-40(5,6)35-26-24-34(25-27-35)33-22-16-11-17-23-33/h9-27,30,36H,28-29H2,1-8H3,(H,41,43)/t30-,36+/m1/s1. The van der Waals surface area contributed by atoms with Crippen molar-refractivity contribution < 1.29 is 36.9 Å². The molecular weight excluding hydrogens is 681 g/mol. The normalized spacial score (nSPS) is 13.6. The second-order valence-electron chi connectivity index (χ2n) is 14.4. The summed E-state index contributed by atoms with van der Waals surface area (Å²) in [5.74, 6) is -0.742. The average Bonchev–Trinajstić information content (AvgIpc) is 3.09. The molecule has 0 bridgehead atoms. The highest BCUT2D eigenvalue weighted by Crippen LogP contribution is 2.52. The molecule has 51 heavy (non-hydrogen) atoms. The van der Waals surface area contributed by atoms with E-state index in [1.807, 2.05) is 149 Å². The van der Waals surface area contributed by atoms with E-state index in [1.54, 1.807) is 13.8 Å². The molecule has 272 valence electrons. The molecule has 11 heteroatoms. The number of rotatable bonds is 15. The number of phosphoric acid groups is 1. The Labute approximate surface area is 303 Å². The lowest BCUT2D eigenvalue weighted by molar-refractivity contribution is -0.140. The van der Waals surface area contributed by atoms with Crippen molar-refractivity contribution in [2.75, 3.05) is 0 Å². The highest BCUT2D eigenvalue weighted by molar-refractivity contribution is 7.48. The van der Waals surface area contributed by atoms with Crippen LogP contribution in [0.3, 0.4) is 0 Å². The van der Waals surface area contributed by atoms with Crippen molar-refractivity contribution in [2.24, 2.45) is 0 Å². The summed E-state index contributed by atoms with van der Waals surface area (Å²) in [6.45, 7) is 14.7. The van der Waals surface area contributed by atoms with Gasteiger partial charge >= 0.3 is 19.9 Å². The number of hydrogen-bond donors (Lipinski definition) is 1. The largest absolute Gasteiger partial charge is 0.518 e. The number of nitrogens with one attached hydrogen (secondary N) is 1. The van der Waals surface area contributed by atoms with Gasteiger partial charge in [0.05, 0.1) is 19.3 Å². The fourth-order valence-electron chi connectivity index (χ4n) is 4.80. The van der Waals surface area contributed by atoms with E-state index in [2.05, 4.69) is 5.32 Å². The number of alkyl carbamates (subject to hydrolysis) is 1. The first-order chi connectivity index (χ1) is 24.0. The Morgan fingerprint density at radius 1 is 0.706 bits per heavy atom. The maximum absolute atomic E-state index is 14.2. The Bertz CT molecular complexity index is 1710. The molecule has 0 aliphatic rings. The second kappa shape index (κ2) is 17.0. The van der Waals surface area contributed by atoms with E-state index in [4.69, 9.17) is 22.7 Å². The highest BCUT2D eigenvalue weighted by atomic mass is 31.2. The maximum atomic E-state index is 14.2. The third-order valence-corrected chi connectivity index (χ3v) is 14.8. The van der Waals surface area contributed by atoms with E-state index in [9.17, 15) is 14.2 Å². The fraction of sp³-hybridized carbons (Fsp3) is 0.350. The van der Waals surface area contributed by atoms with Crippen molar-refractivity contribution in [2.45, 2.75) is 90.6 Å². The van der Waals surface area contributed by atoms with E-state index in [-0.39, 0.29) is 18.3 Å². The molecule has 0 aliphatic heterocycles. The summed E-state index contributed by atoms with van der Waals surface area (Å²) in [7, 11) is -7.00. The number of ether oxygens (including phenoxy) is 1. The molecule has 0 saturated heterocycles. The van der Waals surface area contributed by atoms with E-state index >= 15 is 0 Å². The van der Waals surface area contributed by atoms with E-state index in [0.717, 1.165) is 27.8 Å². The van der Waals surface area contributed by atoms with Crippen LogP contribution in [-0.4, -0.2) is 32.5 Å². The Morgan fingerprint density at radius 2 is 1.16 bits per heavy atom. The monoisotopic (exact) mass is 731 g/mol. The molecule has 4 rings (SSSR count). The topological polar surface area (TPSA) is 109 Å². The van der Waals surface area contributed by atoms with Gasteiger partial charge in [0.1, 0.15) is 5.60 Å². The molecule has 4 aromatic carbocycles. The van der Waals surface area contributed by atoms with Gasteiger partial charge in [-0.2, -0.15) is 0 Å². The predicted molar refractivity (Wildman–Crippen MR) is 202 cm³/mol. The van der Waals surface area contributed by atoms with E-state index in [0.29, 0.717) is 0 Å². The zero-order valence-electron chi connectivity index (χ0n) is 30.8. The molecule has 0 spiro atoms. The number of carbonyl (C=O) groups is 2. The van der Waals surface area contributed by atoms with Crippen LogP contribution in [0.2, 0.25) is 18.1 Å². The van der Waals surface area contributed by atoms with Crippen LogP contribution < -0.4 is 5.32 Å². The van der Waals surface area contributed by atoms with Crippen LogP contribution >= 0.6 is 7.82 Å². The van der Waals surface area contributed by atoms with Gasteiger partial charge in [0.25, 0.3) is 8.32 Å². The van der Waals surface area contributed by atoms with Crippen LogP contribution in [0.25, 0.3) is 11.1 Å². The van der Waals surface area contributed by atoms with Crippen LogP contribution in [0.15, 0.2) is 115 Å². The van der Waals surface area contributed by atoms with E-state index < -0.39 is 45.9 Å². The molecule has 9 nitrogen and oxygen atoms in total. The first kappa shape index (κ1) is 39.7. The fourth-order valence-corrected chi connectivity index (χ4v) is 7.07. The van der Waals surface area contributed by atoms with Crippen LogP contribution in [0.1, 0.15) is 58.2 Å². The molecule has 0 saturated carbocycles. The Morgan fingerprint density at radius 3 is 1.63 bits per heavy atom. The number of phosphoric ester groups is 1. The van der Waals surface area contributed by atoms with Gasteiger partial charge in [-0.25, -0.2) is 9.36 Å². The lowest BCUT2D eigenvalue weighted by Gasteiger charge is -2.37. The summed E-state index contributed by atoms with van der Waals surface area (Å²) < 4.78 is 43.8. The Hall–Kier alpha value is -4.05. The van der Waals surface area contributed by atoms with Crippen LogP contribution in [0.4, 0.5) is 4.79 Å². The molecule has 0 heterocycles. The zero-order valence-corrected chi connectivity index (χ0v) is 32.6. The van der Waals surface area contributed by atoms with Crippen molar-refractivity contribution in [1.82, 2.24) is 5.32 Å². The minimum Gasteiger partial charge on any atom is -0.518 e. The molecule has 0 aliphatic carbocycles. The minimum absolute atomic E-state index is 0.0779. The summed E-state index contributed by atoms with van der Waals surface area (Å²) in [4.78, 5) is 27.5. The second-order valence-corrected chi connectivity index (χ2v) is 20.8. The summed E-state index contributed by atoms with van der Waals surface area (Å²) >= 11 is 0. The maximum Gasteiger partial charge on any atom is 0.475 e. The minimum atomic E-state index is -4.33. The van der Waals surface area contributed by atoms with Gasteiger partial charge in [0.2, 0.25) is 0 Å². The molecule has 0 radical (unpaired) electrons. The smallest absolute Gasteiger partial charge is 0.475 e. The van der Waals surface area contributed by atoms with Gasteiger partial charge < -0.3 is 14.5 Å². The van der Waals surface area contributed by atoms with Gasteiger partial charge in [0, 0.05) is 0 Å².